The summed E-state index contributed by atoms with van der Waals surface area (Å²) in [4.78, 5) is 54.5. The van der Waals surface area contributed by atoms with Gasteiger partial charge in [0, 0.05) is 24.0 Å². The zero-order chi connectivity index (χ0) is 37.7. The average molecular weight is 721 g/mol. The summed E-state index contributed by atoms with van der Waals surface area (Å²) in [5.41, 5.74) is -2.34. The summed E-state index contributed by atoms with van der Waals surface area (Å²) in [6, 6.07) is 14.6. The maximum atomic E-state index is 15.1. The lowest BCUT2D eigenvalue weighted by Gasteiger charge is -2.71. The summed E-state index contributed by atoms with van der Waals surface area (Å²) in [6.07, 6.45) is 14.6. The van der Waals surface area contributed by atoms with Gasteiger partial charge >= 0.3 is 17.3 Å². The molecule has 3 saturated carbocycles. The highest BCUT2D eigenvalue weighted by atomic mass is 16.6. The van der Waals surface area contributed by atoms with E-state index in [0.717, 1.165) is 32.1 Å². The van der Waals surface area contributed by atoms with Crippen molar-refractivity contribution in [2.45, 2.75) is 104 Å². The quantitative estimate of drug-likeness (QED) is 0.101. The second-order valence-electron chi connectivity index (χ2n) is 17.7. The van der Waals surface area contributed by atoms with Gasteiger partial charge in [0.25, 0.3) is 5.69 Å². The molecule has 1 aromatic heterocycles. The molecule has 2 aromatic carbocycles. The topological polar surface area (TPSA) is 118 Å². The molecular formula is C43H52N4O6. The van der Waals surface area contributed by atoms with E-state index in [9.17, 15) is 14.9 Å². The maximum absolute atomic E-state index is 15.1. The molecule has 0 N–H and O–H groups in total. The van der Waals surface area contributed by atoms with Gasteiger partial charge < -0.3 is 4.74 Å². The van der Waals surface area contributed by atoms with E-state index in [4.69, 9.17) is 4.74 Å². The first-order valence-electron chi connectivity index (χ1n) is 19.6. The van der Waals surface area contributed by atoms with Crippen molar-refractivity contribution in [3.8, 4) is 5.69 Å². The fourth-order valence-corrected chi connectivity index (χ4v) is 12.0. The van der Waals surface area contributed by atoms with E-state index in [2.05, 4.69) is 65.8 Å². The summed E-state index contributed by atoms with van der Waals surface area (Å²) in [5, 5.41) is 11.5. The highest BCUT2D eigenvalue weighted by Gasteiger charge is 2.75. The lowest BCUT2D eigenvalue weighted by molar-refractivity contribution is -0.384. The van der Waals surface area contributed by atoms with Crippen molar-refractivity contribution < 1.29 is 14.5 Å². The van der Waals surface area contributed by atoms with E-state index in [1.165, 1.54) is 28.8 Å². The first-order valence-corrected chi connectivity index (χ1v) is 19.6. The van der Waals surface area contributed by atoms with Gasteiger partial charge in [0.15, 0.2) is 0 Å². The first kappa shape index (κ1) is 35.6. The van der Waals surface area contributed by atoms with Crippen LogP contribution in [0.25, 0.3) is 5.69 Å². The number of aromatic nitrogens is 3. The molecule has 10 heteroatoms. The summed E-state index contributed by atoms with van der Waals surface area (Å²) in [5.74, 6) is 1.64. The van der Waals surface area contributed by atoms with Crippen LogP contribution >= 0.6 is 0 Å². The van der Waals surface area contributed by atoms with Crippen LogP contribution in [0.1, 0.15) is 96.8 Å². The largest absolute Gasteiger partial charge is 0.459 e. The molecule has 2 bridgehead atoms. The number of ether oxygens (including phenoxy) is 1. The number of non-ortho nitro benzene ring substituents is 1. The number of hydrogen-bond acceptors (Lipinski definition) is 6. The Labute approximate surface area is 310 Å². The fraction of sp³-hybridized carbons (Fsp3) is 0.558. The van der Waals surface area contributed by atoms with Gasteiger partial charge in [-0.15, -0.1) is 0 Å². The molecule has 0 amide bonds. The van der Waals surface area contributed by atoms with Gasteiger partial charge in [-0.3, -0.25) is 10.1 Å². The second-order valence-corrected chi connectivity index (χ2v) is 17.7. The Kier molecular flexibility index (Phi) is 8.24. The SMILES string of the molecule is CC(C)[C@@H](C)C=C[C@@H](C)[C@H]1CC[C@@H]2[C@]1(C)CC[C@H]1[C@]23C=C[C@]2(C[C@@H](OC(=O)c4ccccc4)CC[C@]12C)n1c(=O)n(-c2ccc([N+](=O)[O-])cc2)c(=O)n13. The number of carbonyl (C=O) groups is 1. The summed E-state index contributed by atoms with van der Waals surface area (Å²) < 4.78 is 11.0. The van der Waals surface area contributed by atoms with E-state index < -0.39 is 44.9 Å². The monoisotopic (exact) mass is 720 g/mol. The summed E-state index contributed by atoms with van der Waals surface area (Å²) in [7, 11) is 0. The Hall–Kier alpha value is -4.47. The number of allylic oxidation sites excluding steroid dienone is 4. The van der Waals surface area contributed by atoms with E-state index in [0.29, 0.717) is 47.8 Å². The highest BCUT2D eigenvalue weighted by molar-refractivity contribution is 5.89. The summed E-state index contributed by atoms with van der Waals surface area (Å²) >= 11 is 0. The molecule has 53 heavy (non-hydrogen) atoms. The molecule has 4 aliphatic carbocycles. The standard InChI is InChI=1S/C43H52N4O6/c1-27(2)28(3)12-13-29(4)34-18-19-35-40(34,5)22-21-36-41(6)23-20-33(53-37(48)30-10-8-7-9-11-30)26-42(41)24-25-43(35,36)46-39(50)44(38(49)45(42)46)31-14-16-32(17-15-31)47(51)52/h7-17,24-25,27-29,33-36H,18-23,26H2,1-6H3/t28-,29+,33-,34+,35+,36+,40+,41+,42+,43-/m0/s1. The molecule has 0 unspecified atom stereocenters. The van der Waals surface area contributed by atoms with E-state index in [1.54, 1.807) is 16.8 Å². The Balaban J connectivity index is 1.28. The van der Waals surface area contributed by atoms with Crippen LogP contribution in [-0.2, 0) is 15.8 Å². The zero-order valence-electron chi connectivity index (χ0n) is 31.7. The van der Waals surface area contributed by atoms with Gasteiger partial charge in [-0.1, -0.05) is 84.0 Å². The molecule has 10 atom stereocenters. The van der Waals surface area contributed by atoms with Gasteiger partial charge in [-0.2, -0.15) is 0 Å². The van der Waals surface area contributed by atoms with Crippen molar-refractivity contribution in [3.05, 3.63) is 116 Å². The molecule has 6 aliphatic rings. The Morgan fingerprint density at radius 1 is 0.868 bits per heavy atom. The van der Waals surface area contributed by atoms with Gasteiger partial charge in [-0.05, 0) is 104 Å². The van der Waals surface area contributed by atoms with Crippen LogP contribution in [0.5, 0.6) is 0 Å². The summed E-state index contributed by atoms with van der Waals surface area (Å²) in [6.45, 7) is 13.9. The Bertz CT molecular complexity index is 2130. The molecule has 0 radical (unpaired) electrons. The maximum Gasteiger partial charge on any atom is 0.352 e. The second kappa shape index (κ2) is 12.3. The fourth-order valence-electron chi connectivity index (χ4n) is 12.0. The third-order valence-electron chi connectivity index (χ3n) is 15.1. The third kappa shape index (κ3) is 4.85. The predicted octanol–water partition coefficient (Wildman–Crippen LogP) is 8.03. The smallest absolute Gasteiger partial charge is 0.352 e. The van der Waals surface area contributed by atoms with Crippen LogP contribution < -0.4 is 11.4 Å². The van der Waals surface area contributed by atoms with Crippen molar-refractivity contribution in [2.24, 2.45) is 46.3 Å². The molecule has 0 saturated heterocycles. The number of nitro groups is 1. The van der Waals surface area contributed by atoms with Crippen molar-refractivity contribution in [2.75, 3.05) is 0 Å². The Morgan fingerprint density at radius 3 is 2.25 bits per heavy atom. The van der Waals surface area contributed by atoms with Gasteiger partial charge in [-0.25, -0.2) is 28.3 Å². The van der Waals surface area contributed by atoms with Crippen LogP contribution in [-0.4, -0.2) is 30.9 Å². The highest BCUT2D eigenvalue weighted by Crippen LogP contribution is 2.74. The number of hydrogen-bond donors (Lipinski definition) is 0. The number of esters is 1. The molecule has 280 valence electrons. The van der Waals surface area contributed by atoms with Crippen molar-refractivity contribution in [1.29, 1.82) is 0 Å². The van der Waals surface area contributed by atoms with Crippen LogP contribution in [0.15, 0.2) is 88.5 Å². The van der Waals surface area contributed by atoms with E-state index in [1.807, 2.05) is 22.9 Å². The number of nitrogens with zero attached hydrogens (tertiary/aromatic N) is 4. The van der Waals surface area contributed by atoms with Crippen molar-refractivity contribution in [3.63, 3.8) is 0 Å². The molecule has 3 heterocycles. The average Bonchev–Trinajstić information content (AvgIpc) is 3.65. The Morgan fingerprint density at radius 2 is 1.57 bits per heavy atom. The normalized spacial score (nSPS) is 35.0. The van der Waals surface area contributed by atoms with Crippen molar-refractivity contribution >= 4 is 11.7 Å². The number of carbonyl (C=O) groups excluding carboxylic acids is 1. The number of rotatable bonds is 8. The molecule has 2 spiro atoms. The van der Waals surface area contributed by atoms with Gasteiger partial charge in [0.2, 0.25) is 0 Å². The lowest BCUT2D eigenvalue weighted by atomic mass is 9.40. The van der Waals surface area contributed by atoms with Crippen LogP contribution in [0.4, 0.5) is 5.69 Å². The molecule has 2 aliphatic heterocycles. The number of nitro benzene ring substituents is 1. The lowest BCUT2D eigenvalue weighted by Crippen LogP contribution is -2.76. The van der Waals surface area contributed by atoms with Crippen LogP contribution in [0.3, 0.4) is 0 Å². The van der Waals surface area contributed by atoms with Gasteiger partial charge in [0.05, 0.1) is 27.3 Å². The predicted molar refractivity (Wildman–Crippen MR) is 203 cm³/mol. The zero-order valence-corrected chi connectivity index (χ0v) is 31.7. The molecule has 3 aromatic rings. The first-order chi connectivity index (χ1) is 25.2. The molecule has 3 fully saturated rings. The van der Waals surface area contributed by atoms with E-state index >= 15 is 9.59 Å². The number of fused-ring (bicyclic) bond motifs is 1. The molecule has 10 nitrogen and oxygen atoms in total. The minimum absolute atomic E-state index is 0.0719. The van der Waals surface area contributed by atoms with Gasteiger partial charge in [0.1, 0.15) is 6.10 Å². The number of benzene rings is 2. The molecular weight excluding hydrogens is 668 g/mol. The van der Waals surface area contributed by atoms with Crippen LogP contribution in [0.2, 0.25) is 0 Å². The third-order valence-corrected chi connectivity index (χ3v) is 15.1. The minimum Gasteiger partial charge on any atom is -0.459 e. The molecule has 9 rings (SSSR count). The van der Waals surface area contributed by atoms with Crippen molar-refractivity contribution in [1.82, 2.24) is 13.9 Å². The minimum atomic E-state index is -0.920. The van der Waals surface area contributed by atoms with Crippen LogP contribution in [0, 0.1) is 56.5 Å². The van der Waals surface area contributed by atoms with E-state index in [-0.39, 0.29) is 22.9 Å².